The Morgan fingerprint density at radius 2 is 2.00 bits per heavy atom. The van der Waals surface area contributed by atoms with Gasteiger partial charge in [-0.15, -0.1) is 0 Å². The zero-order valence-corrected chi connectivity index (χ0v) is 12.6. The van der Waals surface area contributed by atoms with E-state index in [2.05, 4.69) is 4.72 Å². The van der Waals surface area contributed by atoms with Gasteiger partial charge < -0.3 is 5.11 Å². The molecule has 0 saturated heterocycles. The van der Waals surface area contributed by atoms with Gasteiger partial charge in [0.1, 0.15) is 0 Å². The molecular formula is C14H23NO3S. The molecule has 0 bridgehead atoms. The SMILES string of the molecule is CCCC(CC)NS(=O)(=O)c1cccc(C(C)O)c1. The molecule has 0 aliphatic rings. The minimum Gasteiger partial charge on any atom is -0.389 e. The zero-order valence-electron chi connectivity index (χ0n) is 11.8. The second-order valence-electron chi connectivity index (χ2n) is 4.76. The van der Waals surface area contributed by atoms with Crippen LogP contribution >= 0.6 is 0 Å². The smallest absolute Gasteiger partial charge is 0.240 e. The highest BCUT2D eigenvalue weighted by Gasteiger charge is 2.19. The summed E-state index contributed by atoms with van der Waals surface area (Å²) in [5, 5.41) is 9.51. The minimum absolute atomic E-state index is 0.0368. The number of aliphatic hydroxyl groups excluding tert-OH is 1. The molecule has 0 saturated carbocycles. The summed E-state index contributed by atoms with van der Waals surface area (Å²) in [6.45, 7) is 5.62. The minimum atomic E-state index is -3.51. The summed E-state index contributed by atoms with van der Waals surface area (Å²) in [6, 6.07) is 6.40. The van der Waals surface area contributed by atoms with Crippen LogP contribution in [0.1, 0.15) is 51.7 Å². The van der Waals surface area contributed by atoms with E-state index in [0.717, 1.165) is 19.3 Å². The van der Waals surface area contributed by atoms with Crippen LogP contribution in [0.4, 0.5) is 0 Å². The van der Waals surface area contributed by atoms with E-state index >= 15 is 0 Å². The van der Waals surface area contributed by atoms with Crippen molar-refractivity contribution in [3.8, 4) is 0 Å². The molecule has 2 N–H and O–H groups in total. The van der Waals surface area contributed by atoms with Crippen molar-refractivity contribution in [3.63, 3.8) is 0 Å². The molecule has 4 nitrogen and oxygen atoms in total. The molecular weight excluding hydrogens is 262 g/mol. The summed E-state index contributed by atoms with van der Waals surface area (Å²) in [7, 11) is -3.51. The lowest BCUT2D eigenvalue weighted by Gasteiger charge is -2.17. The fourth-order valence-electron chi connectivity index (χ4n) is 1.92. The largest absolute Gasteiger partial charge is 0.389 e. The molecule has 0 spiro atoms. The lowest BCUT2D eigenvalue weighted by atomic mass is 10.1. The van der Waals surface area contributed by atoms with Crippen LogP contribution in [-0.4, -0.2) is 19.6 Å². The number of aliphatic hydroxyl groups is 1. The van der Waals surface area contributed by atoms with Crippen molar-refractivity contribution in [2.24, 2.45) is 0 Å². The van der Waals surface area contributed by atoms with Gasteiger partial charge in [0.25, 0.3) is 0 Å². The Bertz CT molecular complexity index is 497. The van der Waals surface area contributed by atoms with E-state index in [1.165, 1.54) is 6.07 Å². The molecule has 0 heterocycles. The van der Waals surface area contributed by atoms with E-state index in [0.29, 0.717) is 5.56 Å². The quantitative estimate of drug-likeness (QED) is 0.809. The first-order valence-corrected chi connectivity index (χ1v) is 8.19. The van der Waals surface area contributed by atoms with Crippen LogP contribution in [0.15, 0.2) is 29.2 Å². The Hall–Kier alpha value is -0.910. The van der Waals surface area contributed by atoms with Crippen LogP contribution in [0.2, 0.25) is 0 Å². The molecule has 0 fully saturated rings. The van der Waals surface area contributed by atoms with Gasteiger partial charge >= 0.3 is 0 Å². The average Bonchev–Trinajstić information content (AvgIpc) is 2.38. The first-order valence-electron chi connectivity index (χ1n) is 6.71. The molecule has 0 aliphatic heterocycles. The van der Waals surface area contributed by atoms with Crippen LogP contribution in [0, 0.1) is 0 Å². The monoisotopic (exact) mass is 285 g/mol. The molecule has 5 heteroatoms. The highest BCUT2D eigenvalue weighted by atomic mass is 32.2. The standard InChI is InChI=1S/C14H23NO3S/c1-4-7-13(5-2)15-19(17,18)14-9-6-8-12(10-14)11(3)16/h6,8-11,13,15-16H,4-5,7H2,1-3H3. The predicted molar refractivity (Wildman–Crippen MR) is 76.4 cm³/mol. The molecule has 1 aromatic carbocycles. The lowest BCUT2D eigenvalue weighted by molar-refractivity contribution is 0.199. The highest BCUT2D eigenvalue weighted by Crippen LogP contribution is 2.18. The van der Waals surface area contributed by atoms with Gasteiger partial charge in [-0.2, -0.15) is 0 Å². The van der Waals surface area contributed by atoms with Crippen LogP contribution in [0.25, 0.3) is 0 Å². The number of hydrogen-bond donors (Lipinski definition) is 2. The van der Waals surface area contributed by atoms with Crippen molar-refractivity contribution < 1.29 is 13.5 Å². The van der Waals surface area contributed by atoms with Crippen molar-refractivity contribution in [1.82, 2.24) is 4.72 Å². The molecule has 1 rings (SSSR count). The zero-order chi connectivity index (χ0) is 14.5. The average molecular weight is 285 g/mol. The fraction of sp³-hybridized carbons (Fsp3) is 0.571. The Morgan fingerprint density at radius 1 is 1.32 bits per heavy atom. The predicted octanol–water partition coefficient (Wildman–Crippen LogP) is 2.60. The van der Waals surface area contributed by atoms with Crippen LogP contribution in [0.3, 0.4) is 0 Å². The second kappa shape index (κ2) is 7.03. The normalized spacial score (nSPS) is 15.2. The Kier molecular flexibility index (Phi) is 5.97. The van der Waals surface area contributed by atoms with Crippen molar-refractivity contribution in [3.05, 3.63) is 29.8 Å². The molecule has 2 unspecified atom stereocenters. The molecule has 1 aromatic rings. The third-order valence-corrected chi connectivity index (χ3v) is 4.62. The summed E-state index contributed by atoms with van der Waals surface area (Å²) in [5.74, 6) is 0. The van der Waals surface area contributed by atoms with E-state index in [4.69, 9.17) is 0 Å². The van der Waals surface area contributed by atoms with Crippen LogP contribution in [-0.2, 0) is 10.0 Å². The maximum absolute atomic E-state index is 12.3. The molecule has 0 amide bonds. The number of sulfonamides is 1. The van der Waals surface area contributed by atoms with E-state index in [1.807, 2.05) is 13.8 Å². The van der Waals surface area contributed by atoms with Gasteiger partial charge in [-0.25, -0.2) is 13.1 Å². The summed E-state index contributed by atoms with van der Waals surface area (Å²) >= 11 is 0. The molecule has 0 aromatic heterocycles. The van der Waals surface area contributed by atoms with Gasteiger partial charge in [0.2, 0.25) is 10.0 Å². The van der Waals surface area contributed by atoms with Crippen molar-refractivity contribution in [2.75, 3.05) is 0 Å². The second-order valence-corrected chi connectivity index (χ2v) is 6.48. The maximum atomic E-state index is 12.3. The third kappa shape index (κ3) is 4.60. The molecule has 108 valence electrons. The van der Waals surface area contributed by atoms with E-state index in [-0.39, 0.29) is 10.9 Å². The van der Waals surface area contributed by atoms with E-state index in [9.17, 15) is 13.5 Å². The summed E-state index contributed by atoms with van der Waals surface area (Å²) in [5.41, 5.74) is 0.603. The summed E-state index contributed by atoms with van der Waals surface area (Å²) < 4.78 is 27.2. The lowest BCUT2D eigenvalue weighted by Crippen LogP contribution is -2.34. The van der Waals surface area contributed by atoms with Gasteiger partial charge in [0, 0.05) is 6.04 Å². The van der Waals surface area contributed by atoms with E-state index < -0.39 is 16.1 Å². The highest BCUT2D eigenvalue weighted by molar-refractivity contribution is 7.89. The number of benzene rings is 1. The Balaban J connectivity index is 2.96. The maximum Gasteiger partial charge on any atom is 0.240 e. The van der Waals surface area contributed by atoms with E-state index in [1.54, 1.807) is 25.1 Å². The van der Waals surface area contributed by atoms with Crippen molar-refractivity contribution >= 4 is 10.0 Å². The molecule has 2 atom stereocenters. The van der Waals surface area contributed by atoms with Crippen molar-refractivity contribution in [2.45, 2.75) is 57.1 Å². The van der Waals surface area contributed by atoms with Crippen LogP contribution in [0.5, 0.6) is 0 Å². The number of nitrogens with one attached hydrogen (secondary N) is 1. The summed E-state index contributed by atoms with van der Waals surface area (Å²) in [4.78, 5) is 0.209. The fourth-order valence-corrected chi connectivity index (χ4v) is 3.33. The topological polar surface area (TPSA) is 66.4 Å². The first-order chi connectivity index (χ1) is 8.90. The summed E-state index contributed by atoms with van der Waals surface area (Å²) in [6.07, 6.45) is 1.86. The molecule has 0 aliphatic carbocycles. The van der Waals surface area contributed by atoms with Gasteiger partial charge in [-0.3, -0.25) is 0 Å². The van der Waals surface area contributed by atoms with Crippen molar-refractivity contribution in [1.29, 1.82) is 0 Å². The van der Waals surface area contributed by atoms with Gasteiger partial charge in [-0.1, -0.05) is 32.4 Å². The van der Waals surface area contributed by atoms with Gasteiger partial charge in [0.05, 0.1) is 11.0 Å². The molecule has 0 radical (unpaired) electrons. The first kappa shape index (κ1) is 16.1. The third-order valence-electron chi connectivity index (χ3n) is 3.10. The Morgan fingerprint density at radius 3 is 2.53 bits per heavy atom. The molecule has 19 heavy (non-hydrogen) atoms. The van der Waals surface area contributed by atoms with Crippen LogP contribution < -0.4 is 4.72 Å². The van der Waals surface area contributed by atoms with Gasteiger partial charge in [0.15, 0.2) is 0 Å². The van der Waals surface area contributed by atoms with Gasteiger partial charge in [-0.05, 0) is 37.5 Å². The number of hydrogen-bond acceptors (Lipinski definition) is 3. The number of rotatable bonds is 7. The Labute approximate surface area is 115 Å².